The van der Waals surface area contributed by atoms with Crippen LogP contribution in [0.3, 0.4) is 0 Å². The predicted molar refractivity (Wildman–Crippen MR) is 47.6 cm³/mol. The van der Waals surface area contributed by atoms with E-state index in [9.17, 15) is 18.0 Å². The Morgan fingerprint density at radius 3 is 2.12 bits per heavy atom. The van der Waals surface area contributed by atoms with Crippen molar-refractivity contribution in [3.63, 3.8) is 0 Å². The smallest absolute Gasteiger partial charge is 0.475 e. The maximum Gasteiger partial charge on any atom is 0.490 e. The molecule has 0 saturated carbocycles. The predicted octanol–water partition coefficient (Wildman–Crippen LogP) is 0.556. The maximum absolute atomic E-state index is 10.6. The SMILES string of the molecule is NC(=O)N1C=CN=CC1.O=C(O)C(F)(F)F. The highest BCUT2D eigenvalue weighted by atomic mass is 19.4. The van der Waals surface area contributed by atoms with E-state index >= 15 is 0 Å². The number of aliphatic imine (C=N–C) groups is 1. The molecule has 1 rings (SSSR count). The topological polar surface area (TPSA) is 96.0 Å². The fourth-order valence-electron chi connectivity index (χ4n) is 0.539. The number of amides is 2. The van der Waals surface area contributed by atoms with Gasteiger partial charge in [0.05, 0.1) is 6.54 Å². The van der Waals surface area contributed by atoms with Crippen molar-refractivity contribution in [2.24, 2.45) is 10.7 Å². The molecule has 0 radical (unpaired) electrons. The van der Waals surface area contributed by atoms with Crippen LogP contribution in [0.5, 0.6) is 0 Å². The Morgan fingerprint density at radius 2 is 1.94 bits per heavy atom. The number of carboxylic acid groups (broad SMARTS) is 1. The number of urea groups is 1. The molecule has 0 aliphatic carbocycles. The van der Waals surface area contributed by atoms with Gasteiger partial charge in [0.1, 0.15) is 0 Å². The summed E-state index contributed by atoms with van der Waals surface area (Å²) in [5, 5.41) is 7.12. The number of carboxylic acids is 1. The number of hydrogen-bond donors (Lipinski definition) is 2. The zero-order valence-electron chi connectivity index (χ0n) is 7.81. The number of hydrogen-bond acceptors (Lipinski definition) is 3. The molecule has 1 aliphatic rings. The van der Waals surface area contributed by atoms with Crippen molar-refractivity contribution in [2.75, 3.05) is 6.54 Å². The Bertz CT molecular complexity index is 325. The molecule has 1 heterocycles. The molecule has 0 bridgehead atoms. The van der Waals surface area contributed by atoms with Crippen molar-refractivity contribution in [3.05, 3.63) is 12.4 Å². The minimum absolute atomic E-state index is 0.447. The molecule has 0 saturated heterocycles. The highest BCUT2D eigenvalue weighted by Gasteiger charge is 2.38. The summed E-state index contributed by atoms with van der Waals surface area (Å²) in [4.78, 5) is 24.4. The Balaban J connectivity index is 0.000000293. The van der Waals surface area contributed by atoms with Gasteiger partial charge >= 0.3 is 18.2 Å². The molecule has 3 N–H and O–H groups in total. The molecule has 0 unspecified atom stereocenters. The lowest BCUT2D eigenvalue weighted by atomic mass is 10.5. The summed E-state index contributed by atoms with van der Waals surface area (Å²) in [5.41, 5.74) is 4.94. The van der Waals surface area contributed by atoms with Gasteiger partial charge in [-0.15, -0.1) is 0 Å². The molecular formula is C7H8F3N3O3. The average Bonchev–Trinajstić information content (AvgIpc) is 2.18. The molecule has 0 atom stereocenters. The summed E-state index contributed by atoms with van der Waals surface area (Å²) < 4.78 is 31.7. The monoisotopic (exact) mass is 239 g/mol. The molecule has 6 nitrogen and oxygen atoms in total. The van der Waals surface area contributed by atoms with Crippen LogP contribution in [-0.2, 0) is 4.79 Å². The Hall–Kier alpha value is -2.06. The first-order chi connectivity index (χ1) is 7.25. The summed E-state index contributed by atoms with van der Waals surface area (Å²) in [6.07, 6.45) is -0.401. The third kappa shape index (κ3) is 5.62. The van der Waals surface area contributed by atoms with E-state index in [0.717, 1.165) is 0 Å². The molecule has 0 aromatic carbocycles. The maximum atomic E-state index is 10.6. The van der Waals surface area contributed by atoms with E-state index in [1.54, 1.807) is 12.4 Å². The number of alkyl halides is 3. The lowest BCUT2D eigenvalue weighted by molar-refractivity contribution is -0.192. The number of carbonyl (C=O) groups excluding carboxylic acids is 1. The average molecular weight is 239 g/mol. The van der Waals surface area contributed by atoms with E-state index in [1.807, 2.05) is 0 Å². The summed E-state index contributed by atoms with van der Waals surface area (Å²) in [6, 6.07) is -0.447. The Morgan fingerprint density at radius 1 is 1.44 bits per heavy atom. The number of halogens is 3. The van der Waals surface area contributed by atoms with E-state index in [-0.39, 0.29) is 0 Å². The van der Waals surface area contributed by atoms with E-state index in [1.165, 1.54) is 11.1 Å². The van der Waals surface area contributed by atoms with E-state index < -0.39 is 18.2 Å². The Kier molecular flexibility index (Phi) is 4.99. The van der Waals surface area contributed by atoms with Crippen LogP contribution < -0.4 is 5.73 Å². The molecule has 0 aromatic heterocycles. The van der Waals surface area contributed by atoms with Gasteiger partial charge in [0.15, 0.2) is 0 Å². The van der Waals surface area contributed by atoms with Gasteiger partial charge in [-0.3, -0.25) is 9.89 Å². The third-order valence-corrected chi connectivity index (χ3v) is 1.24. The molecule has 16 heavy (non-hydrogen) atoms. The standard InChI is InChI=1S/C5H7N3O.C2HF3O2/c6-5(9)8-3-1-7-2-4-8;3-2(4,5)1(6)7/h1-3H,4H2,(H2,6,9);(H,6,7). The van der Waals surface area contributed by atoms with Gasteiger partial charge in [0.2, 0.25) is 0 Å². The second-order valence-corrected chi connectivity index (χ2v) is 2.42. The van der Waals surface area contributed by atoms with Crippen LogP contribution in [0.2, 0.25) is 0 Å². The second-order valence-electron chi connectivity index (χ2n) is 2.42. The molecule has 2 amide bonds. The number of nitrogens with two attached hydrogens (primary N) is 1. The normalized spacial score (nSPS) is 14.1. The Labute approximate surface area is 87.8 Å². The highest BCUT2D eigenvalue weighted by molar-refractivity contribution is 5.78. The molecule has 90 valence electrons. The van der Waals surface area contributed by atoms with E-state index in [2.05, 4.69) is 4.99 Å². The first kappa shape index (κ1) is 13.9. The summed E-state index contributed by atoms with van der Waals surface area (Å²) in [7, 11) is 0. The lowest BCUT2D eigenvalue weighted by Gasteiger charge is -2.13. The van der Waals surface area contributed by atoms with Crippen LogP contribution in [0.15, 0.2) is 17.4 Å². The highest BCUT2D eigenvalue weighted by Crippen LogP contribution is 2.13. The van der Waals surface area contributed by atoms with Gasteiger partial charge in [0.25, 0.3) is 0 Å². The van der Waals surface area contributed by atoms with Gasteiger partial charge in [-0.1, -0.05) is 0 Å². The van der Waals surface area contributed by atoms with Crippen LogP contribution in [0.25, 0.3) is 0 Å². The zero-order valence-corrected chi connectivity index (χ0v) is 7.81. The van der Waals surface area contributed by atoms with E-state index in [0.29, 0.717) is 6.54 Å². The minimum Gasteiger partial charge on any atom is -0.475 e. The van der Waals surface area contributed by atoms with Crippen LogP contribution in [0, 0.1) is 0 Å². The first-order valence-corrected chi connectivity index (χ1v) is 3.79. The van der Waals surface area contributed by atoms with Crippen molar-refractivity contribution in [1.29, 1.82) is 0 Å². The number of nitrogens with zero attached hydrogens (tertiary/aromatic N) is 2. The van der Waals surface area contributed by atoms with Crippen LogP contribution >= 0.6 is 0 Å². The fourth-order valence-corrected chi connectivity index (χ4v) is 0.539. The number of carbonyl (C=O) groups is 2. The van der Waals surface area contributed by atoms with Crippen molar-refractivity contribution >= 4 is 18.2 Å². The van der Waals surface area contributed by atoms with E-state index in [4.69, 9.17) is 15.6 Å². The number of aliphatic carboxylic acids is 1. The lowest BCUT2D eigenvalue weighted by Crippen LogP contribution is -2.33. The molecule has 0 fully saturated rings. The van der Waals surface area contributed by atoms with Crippen LogP contribution in [0.4, 0.5) is 18.0 Å². The molecule has 0 aromatic rings. The number of rotatable bonds is 0. The molecule has 9 heteroatoms. The summed E-state index contributed by atoms with van der Waals surface area (Å²) in [5.74, 6) is -2.76. The molecular weight excluding hydrogens is 231 g/mol. The van der Waals surface area contributed by atoms with Crippen molar-refractivity contribution < 1.29 is 27.9 Å². The van der Waals surface area contributed by atoms with Crippen LogP contribution in [0.1, 0.15) is 0 Å². The fraction of sp³-hybridized carbons (Fsp3) is 0.286. The van der Waals surface area contributed by atoms with Gasteiger partial charge in [-0.25, -0.2) is 9.59 Å². The largest absolute Gasteiger partial charge is 0.490 e. The van der Waals surface area contributed by atoms with Gasteiger partial charge in [0, 0.05) is 18.6 Å². The van der Waals surface area contributed by atoms with Gasteiger partial charge in [-0.2, -0.15) is 13.2 Å². The molecule has 0 spiro atoms. The van der Waals surface area contributed by atoms with Crippen LogP contribution in [-0.4, -0.2) is 40.9 Å². The van der Waals surface area contributed by atoms with Gasteiger partial charge in [-0.05, 0) is 0 Å². The first-order valence-electron chi connectivity index (χ1n) is 3.79. The van der Waals surface area contributed by atoms with Crippen molar-refractivity contribution in [1.82, 2.24) is 4.90 Å². The summed E-state index contributed by atoms with van der Waals surface area (Å²) in [6.45, 7) is 0.478. The quantitative estimate of drug-likeness (QED) is 0.646. The zero-order chi connectivity index (χ0) is 12.8. The summed E-state index contributed by atoms with van der Waals surface area (Å²) >= 11 is 0. The minimum atomic E-state index is -5.08. The number of primary amides is 1. The van der Waals surface area contributed by atoms with Crippen molar-refractivity contribution in [3.8, 4) is 0 Å². The van der Waals surface area contributed by atoms with Crippen molar-refractivity contribution in [2.45, 2.75) is 6.18 Å². The molecule has 1 aliphatic heterocycles. The van der Waals surface area contributed by atoms with Gasteiger partial charge < -0.3 is 10.8 Å². The second kappa shape index (κ2) is 5.73. The third-order valence-electron chi connectivity index (χ3n) is 1.24.